The summed E-state index contributed by atoms with van der Waals surface area (Å²) in [4.78, 5) is 42.1. The molecule has 231 valence electrons. The number of benzene rings is 1. The first-order valence-corrected chi connectivity index (χ1v) is 18.7. The highest BCUT2D eigenvalue weighted by Gasteiger charge is 2.33. The van der Waals surface area contributed by atoms with Gasteiger partial charge in [0.1, 0.15) is 6.04 Å². The van der Waals surface area contributed by atoms with E-state index in [1.807, 2.05) is 29.2 Å². The summed E-state index contributed by atoms with van der Waals surface area (Å²) in [6.45, 7) is 5.56. The van der Waals surface area contributed by atoms with Crippen LogP contribution in [0, 0.1) is 0 Å². The number of para-hydroxylation sites is 1. The fraction of sp³-hybridized carbons (Fsp3) is 0.433. The van der Waals surface area contributed by atoms with Gasteiger partial charge < -0.3 is 25.2 Å². The van der Waals surface area contributed by atoms with Crippen molar-refractivity contribution in [2.75, 3.05) is 31.3 Å². The molecular weight excluding hydrogens is 587 g/mol. The third kappa shape index (κ3) is 8.60. The quantitative estimate of drug-likeness (QED) is 0.321. The number of esters is 1. The molecule has 1 saturated heterocycles. The van der Waals surface area contributed by atoms with Crippen LogP contribution >= 0.6 is 0 Å². The van der Waals surface area contributed by atoms with Crippen molar-refractivity contribution in [3.05, 3.63) is 78.1 Å². The molecule has 43 heavy (non-hydrogen) atoms. The third-order valence-corrected chi connectivity index (χ3v) is 10.9. The van der Waals surface area contributed by atoms with Crippen LogP contribution in [0.5, 0.6) is 0 Å². The Morgan fingerprint density at radius 3 is 2.44 bits per heavy atom. The maximum absolute atomic E-state index is 13.2. The van der Waals surface area contributed by atoms with Gasteiger partial charge in [0.05, 0.1) is 12.9 Å². The molecule has 1 atom stereocenters. The van der Waals surface area contributed by atoms with Gasteiger partial charge >= 0.3 is 18.0 Å². The molecule has 2 aliphatic rings. The van der Waals surface area contributed by atoms with Gasteiger partial charge in [-0.25, -0.2) is 22.8 Å². The Bertz CT molecular complexity index is 1470. The minimum Gasteiger partial charge on any atom is -0.467 e. The fourth-order valence-corrected chi connectivity index (χ4v) is 8.53. The molecule has 11 nitrogen and oxygen atoms in total. The van der Waals surface area contributed by atoms with Crippen molar-refractivity contribution in [2.24, 2.45) is 0 Å². The van der Waals surface area contributed by atoms with E-state index in [0.29, 0.717) is 44.1 Å². The third-order valence-electron chi connectivity index (χ3n) is 7.66. The lowest BCUT2D eigenvalue weighted by Gasteiger charge is -2.40. The largest absolute Gasteiger partial charge is 0.467 e. The monoisotopic (exact) mass is 626 g/mol. The molecule has 2 aliphatic heterocycles. The molecule has 1 aromatic carbocycles. The van der Waals surface area contributed by atoms with Crippen molar-refractivity contribution in [1.82, 2.24) is 19.1 Å². The SMILES string of the molecule is COC(=O)C(Cc1ccccn(S(=O)(=O)CC[Si](C)C)ccc1)NC(=O)N1CCC(N2Cc3ccccc3NC2=O)CC1. The Morgan fingerprint density at radius 2 is 1.72 bits per heavy atom. The number of rotatable bonds is 9. The van der Waals surface area contributed by atoms with Crippen LogP contribution in [-0.2, 0) is 32.5 Å². The lowest BCUT2D eigenvalue weighted by Crippen LogP contribution is -2.54. The van der Waals surface area contributed by atoms with Crippen LogP contribution in [0.15, 0.2) is 67.0 Å². The lowest BCUT2D eigenvalue weighted by molar-refractivity contribution is -0.142. The topological polar surface area (TPSA) is 130 Å². The van der Waals surface area contributed by atoms with Crippen LogP contribution in [0.4, 0.5) is 15.3 Å². The Labute approximate surface area is 255 Å². The predicted molar refractivity (Wildman–Crippen MR) is 167 cm³/mol. The number of ether oxygens (including phenoxy) is 1. The zero-order valence-corrected chi connectivity index (χ0v) is 26.7. The number of anilines is 1. The van der Waals surface area contributed by atoms with Crippen molar-refractivity contribution >= 4 is 42.5 Å². The van der Waals surface area contributed by atoms with Gasteiger partial charge in [0.2, 0.25) is 10.0 Å². The molecule has 1 aromatic heterocycles. The van der Waals surface area contributed by atoms with Crippen molar-refractivity contribution in [2.45, 2.75) is 57.0 Å². The van der Waals surface area contributed by atoms with Crippen LogP contribution in [0.2, 0.25) is 19.1 Å². The lowest BCUT2D eigenvalue weighted by atomic mass is 10.0. The highest BCUT2D eigenvalue weighted by Crippen LogP contribution is 2.27. The smallest absolute Gasteiger partial charge is 0.328 e. The van der Waals surface area contributed by atoms with E-state index in [1.165, 1.54) is 23.5 Å². The number of nitrogens with zero attached hydrogens (tertiary/aromatic N) is 3. The van der Waals surface area contributed by atoms with E-state index in [4.69, 9.17) is 4.74 Å². The maximum Gasteiger partial charge on any atom is 0.328 e. The molecule has 1 radical (unpaired) electrons. The van der Waals surface area contributed by atoms with Gasteiger partial charge in [0, 0.05) is 59.0 Å². The molecule has 2 aromatic rings. The average Bonchev–Trinajstić information content (AvgIpc) is 3.11. The number of urea groups is 2. The second kappa shape index (κ2) is 14.6. The second-order valence-corrected chi connectivity index (χ2v) is 16.0. The van der Waals surface area contributed by atoms with Gasteiger partial charge in [-0.2, -0.15) is 0 Å². The number of piperidine rings is 1. The van der Waals surface area contributed by atoms with E-state index < -0.39 is 30.8 Å². The summed E-state index contributed by atoms with van der Waals surface area (Å²) < 4.78 is 31.7. The summed E-state index contributed by atoms with van der Waals surface area (Å²) in [7, 11) is -2.90. The minimum atomic E-state index is -3.49. The first kappa shape index (κ1) is 32.1. The van der Waals surface area contributed by atoms with Gasteiger partial charge in [0.25, 0.3) is 0 Å². The molecule has 0 saturated carbocycles. The molecule has 4 rings (SSSR count). The Morgan fingerprint density at radius 1 is 1.05 bits per heavy atom. The van der Waals surface area contributed by atoms with Crippen LogP contribution in [-0.4, -0.2) is 87.1 Å². The molecule has 4 amide bonds. The zero-order chi connectivity index (χ0) is 31.0. The zero-order valence-electron chi connectivity index (χ0n) is 24.9. The van der Waals surface area contributed by atoms with E-state index >= 15 is 0 Å². The van der Waals surface area contributed by atoms with Gasteiger partial charge in [-0.1, -0.05) is 49.5 Å². The maximum atomic E-state index is 13.2. The van der Waals surface area contributed by atoms with E-state index in [2.05, 4.69) is 23.7 Å². The highest BCUT2D eigenvalue weighted by atomic mass is 32.2. The van der Waals surface area contributed by atoms with Crippen LogP contribution in [0.25, 0.3) is 0 Å². The molecule has 0 aliphatic carbocycles. The van der Waals surface area contributed by atoms with Crippen LogP contribution in [0.1, 0.15) is 24.0 Å². The number of likely N-dealkylation sites (tertiary alicyclic amines) is 1. The molecule has 0 bridgehead atoms. The number of hydrogen-bond donors (Lipinski definition) is 2. The summed E-state index contributed by atoms with van der Waals surface area (Å²) in [5.74, 6) is -0.502. The van der Waals surface area contributed by atoms with Crippen LogP contribution < -0.4 is 10.6 Å². The first-order chi connectivity index (χ1) is 20.6. The molecule has 3 heterocycles. The summed E-state index contributed by atoms with van der Waals surface area (Å²) in [6.07, 6.45) is 4.37. The van der Waals surface area contributed by atoms with Gasteiger partial charge in [0.15, 0.2) is 0 Å². The van der Waals surface area contributed by atoms with E-state index in [0.717, 1.165) is 11.3 Å². The Hall–Kier alpha value is -3.84. The molecule has 2 N–H and O–H groups in total. The number of aromatic nitrogens is 1. The number of methoxy groups -OCH3 is 1. The van der Waals surface area contributed by atoms with Crippen molar-refractivity contribution < 1.29 is 27.5 Å². The van der Waals surface area contributed by atoms with Gasteiger partial charge in [-0.15, -0.1) is 0 Å². The van der Waals surface area contributed by atoms with E-state index in [9.17, 15) is 22.8 Å². The van der Waals surface area contributed by atoms with Gasteiger partial charge in [-0.05, 0) is 48.2 Å². The highest BCUT2D eigenvalue weighted by molar-refractivity contribution is 7.89. The molecule has 1 fully saturated rings. The number of fused-ring (bicyclic) bond motifs is 1. The predicted octanol–water partition coefficient (Wildman–Crippen LogP) is 3.85. The summed E-state index contributed by atoms with van der Waals surface area (Å²) >= 11 is 0. The fourth-order valence-electron chi connectivity index (χ4n) is 5.14. The molecule has 1 unspecified atom stereocenters. The van der Waals surface area contributed by atoms with Crippen LogP contribution in [0.3, 0.4) is 0 Å². The molecule has 0 spiro atoms. The summed E-state index contributed by atoms with van der Waals surface area (Å²) in [5, 5.41) is 5.76. The standard InChI is InChI=1S/C30H40N5O6SSi/c1-41-28(36)27(21-23-9-6-7-15-34(16-8-10-23)42(39,40)19-20-43(2)3)32-29(37)33-17-13-25(14-18-33)35-22-24-11-4-5-12-26(24)31-30(35)38/h4-12,15-16,25,27H,13-14,17-22H2,1-3H3,(H,31,38)(H,32,37). The number of carbonyl (C=O) groups is 3. The van der Waals surface area contributed by atoms with Crippen molar-refractivity contribution in [3.8, 4) is 0 Å². The number of amides is 4. The Balaban J connectivity index is 1.38. The minimum absolute atomic E-state index is 0.00178. The number of carbonyl (C=O) groups excluding carboxylic acids is 3. The van der Waals surface area contributed by atoms with E-state index in [-0.39, 0.29) is 30.3 Å². The first-order valence-electron chi connectivity index (χ1n) is 14.4. The van der Waals surface area contributed by atoms with E-state index in [1.54, 1.807) is 35.2 Å². The normalized spacial score (nSPS) is 16.1. The number of nitrogens with one attached hydrogen (secondary N) is 2. The van der Waals surface area contributed by atoms with Crippen molar-refractivity contribution in [3.63, 3.8) is 0 Å². The van der Waals surface area contributed by atoms with Crippen molar-refractivity contribution in [1.29, 1.82) is 0 Å². The molecular formula is C30H40N5O6SSi. The number of hydrogen-bond acceptors (Lipinski definition) is 6. The summed E-state index contributed by atoms with van der Waals surface area (Å²) in [5.41, 5.74) is 2.60. The average molecular weight is 627 g/mol. The second-order valence-electron chi connectivity index (χ2n) is 11.0. The molecule has 13 heteroatoms. The van der Waals surface area contributed by atoms with Gasteiger partial charge in [-0.3, -0.25) is 3.97 Å². The summed E-state index contributed by atoms with van der Waals surface area (Å²) in [6, 6.07) is 15.4. The Kier molecular flexibility index (Phi) is 10.9.